The predicted molar refractivity (Wildman–Crippen MR) is 230 cm³/mol. The summed E-state index contributed by atoms with van der Waals surface area (Å²) in [4.78, 5) is 26.4. The molecule has 5 nitrogen and oxygen atoms in total. The molecule has 7 heteroatoms. The Hall–Kier alpha value is -3.77. The van der Waals surface area contributed by atoms with E-state index in [0.29, 0.717) is 23.7 Å². The van der Waals surface area contributed by atoms with Gasteiger partial charge in [0.05, 0.1) is 11.3 Å². The predicted octanol–water partition coefficient (Wildman–Crippen LogP) is 13.3. The molecule has 0 amide bonds. The third-order valence-corrected chi connectivity index (χ3v) is 11.5. The summed E-state index contributed by atoms with van der Waals surface area (Å²) in [5.74, 6) is 1.63. The van der Waals surface area contributed by atoms with Crippen LogP contribution < -0.4 is 0 Å². The van der Waals surface area contributed by atoms with Crippen molar-refractivity contribution in [1.82, 2.24) is 15.0 Å². The molecule has 3 heterocycles. The van der Waals surface area contributed by atoms with Crippen LogP contribution in [0, 0.1) is 55.4 Å². The van der Waals surface area contributed by atoms with E-state index in [9.17, 15) is 9.90 Å². The fourth-order valence-corrected chi connectivity index (χ4v) is 9.24. The van der Waals surface area contributed by atoms with Crippen LogP contribution in [0.25, 0.3) is 53.5 Å². The summed E-state index contributed by atoms with van der Waals surface area (Å²) in [5.41, 5.74) is 8.72. The third kappa shape index (κ3) is 9.97. The van der Waals surface area contributed by atoms with Crippen molar-refractivity contribution in [2.24, 2.45) is 35.5 Å². The molecule has 55 heavy (non-hydrogen) atoms. The monoisotopic (exact) mass is 933 g/mol. The number of nitrogens with zero attached hydrogens (tertiary/aromatic N) is 3. The Morgan fingerprint density at radius 3 is 1.96 bits per heavy atom. The van der Waals surface area contributed by atoms with Crippen LogP contribution in [0.2, 0.25) is 0 Å². The normalized spacial score (nSPS) is 12.5. The maximum absolute atomic E-state index is 12.3. The number of carbonyl (C=O) groups is 1. The largest absolute Gasteiger partial charge is 0.512 e. The topological polar surface area (TPSA) is 76.0 Å². The molecular weight excluding hydrogens is 875 g/mol. The number of aliphatic hydroxyl groups is 1. The summed E-state index contributed by atoms with van der Waals surface area (Å²) in [5, 5.41) is 13.7. The quantitative estimate of drug-likeness (QED) is 0.0888. The Morgan fingerprint density at radius 1 is 0.782 bits per heavy atom. The number of allylic oxidation sites excluding steroid dienone is 2. The number of rotatable bonds is 9. The molecule has 0 aliphatic rings. The van der Waals surface area contributed by atoms with E-state index >= 15 is 0 Å². The van der Waals surface area contributed by atoms with Gasteiger partial charge in [0.15, 0.2) is 5.78 Å². The van der Waals surface area contributed by atoms with E-state index in [4.69, 9.17) is 9.97 Å². The number of hydrogen-bond acceptors (Lipinski definition) is 6. The molecule has 3 aromatic heterocycles. The molecule has 0 saturated carbocycles. The Kier molecular flexibility index (Phi) is 14.4. The number of benzene rings is 3. The van der Waals surface area contributed by atoms with Crippen LogP contribution in [0.1, 0.15) is 93.1 Å². The molecule has 1 radical (unpaired) electrons. The van der Waals surface area contributed by atoms with E-state index in [-0.39, 0.29) is 48.9 Å². The van der Waals surface area contributed by atoms with Crippen molar-refractivity contribution in [3.05, 3.63) is 102 Å². The zero-order chi connectivity index (χ0) is 39.6. The fourth-order valence-electron chi connectivity index (χ4n) is 8.04. The Labute approximate surface area is 346 Å². The van der Waals surface area contributed by atoms with Crippen LogP contribution in [0.15, 0.2) is 78.8 Å². The second-order valence-corrected chi connectivity index (χ2v) is 18.3. The summed E-state index contributed by atoms with van der Waals surface area (Å²) in [6.07, 6.45) is 3.17. The summed E-state index contributed by atoms with van der Waals surface area (Å²) in [6, 6.07) is 25.4. The van der Waals surface area contributed by atoms with Gasteiger partial charge in [0.2, 0.25) is 0 Å². The SMILES string of the molecule is CC(C)C(C(=O)/C=C(\O)C(C(C)C)C(C)C)C(C)C.Cc1cc(-c2cc(-c3ncnc4c3sc3cc(C(C)(C)C)ccc34)[c-]c3ccccc23)cc(C)n1.[Ir]. The summed E-state index contributed by atoms with van der Waals surface area (Å²) in [7, 11) is 0. The van der Waals surface area contributed by atoms with Crippen LogP contribution in [-0.4, -0.2) is 25.8 Å². The minimum absolute atomic E-state index is 0. The van der Waals surface area contributed by atoms with E-state index in [1.807, 2.05) is 13.8 Å². The van der Waals surface area contributed by atoms with Gasteiger partial charge in [-0.05, 0) is 72.3 Å². The van der Waals surface area contributed by atoms with Crippen molar-refractivity contribution in [3.63, 3.8) is 0 Å². The molecule has 0 saturated heterocycles. The Morgan fingerprint density at radius 2 is 1.38 bits per heavy atom. The fraction of sp³-hybridized carbons (Fsp3) is 0.417. The zero-order valence-corrected chi connectivity index (χ0v) is 38.0. The second-order valence-electron chi connectivity index (χ2n) is 17.2. The molecule has 293 valence electrons. The van der Waals surface area contributed by atoms with Gasteiger partial charge in [0.25, 0.3) is 0 Å². The molecule has 0 unspecified atom stereocenters. The molecule has 6 rings (SSSR count). The van der Waals surface area contributed by atoms with Gasteiger partial charge in [-0.25, -0.2) is 4.98 Å². The van der Waals surface area contributed by atoms with Gasteiger partial charge < -0.3 is 5.11 Å². The zero-order valence-electron chi connectivity index (χ0n) is 34.8. The molecule has 0 fully saturated rings. The smallest absolute Gasteiger partial charge is 0.162 e. The number of aliphatic hydroxyl groups excluding tert-OH is 1. The summed E-state index contributed by atoms with van der Waals surface area (Å²) in [6.45, 7) is 27.4. The van der Waals surface area contributed by atoms with Crippen molar-refractivity contribution in [2.75, 3.05) is 0 Å². The van der Waals surface area contributed by atoms with Gasteiger partial charge in [-0.2, -0.15) is 0 Å². The standard InChI is InChI=1S/C31H26N3S.C17H32O2.Ir/c1-18-12-21(13-19(2)34-18)26-15-22(14-20-8-6-7-9-24(20)26)28-30-29(33-17-32-28)25-11-10-23(31(3,4)5)16-27(25)35-30;1-10(2)16(11(3)4)14(18)9-15(19)17(12(5)6)13(7)8;/h6-13,15-17H,1-5H3;9-13,16-18H,1-8H3;/q-1;;/b;14-9-;. The number of thiophene rings is 1. The third-order valence-electron chi connectivity index (χ3n) is 10.4. The van der Waals surface area contributed by atoms with Gasteiger partial charge in [-0.1, -0.05) is 123 Å². The van der Waals surface area contributed by atoms with Crippen LogP contribution in [0.5, 0.6) is 0 Å². The van der Waals surface area contributed by atoms with Gasteiger partial charge in [0.1, 0.15) is 6.33 Å². The van der Waals surface area contributed by atoms with Crippen molar-refractivity contribution in [2.45, 2.75) is 95.4 Å². The average Bonchev–Trinajstić information content (AvgIpc) is 3.45. The maximum atomic E-state index is 12.3. The van der Waals surface area contributed by atoms with E-state index < -0.39 is 0 Å². The minimum Gasteiger partial charge on any atom is -0.512 e. The Bertz CT molecular complexity index is 2280. The first-order valence-corrected chi connectivity index (χ1v) is 20.2. The molecule has 6 aromatic rings. The molecule has 0 aliphatic heterocycles. The van der Waals surface area contributed by atoms with Crippen LogP contribution >= 0.6 is 11.3 Å². The van der Waals surface area contributed by atoms with Crippen LogP contribution in [-0.2, 0) is 30.3 Å². The van der Waals surface area contributed by atoms with Crippen molar-refractivity contribution >= 4 is 48.2 Å². The van der Waals surface area contributed by atoms with Gasteiger partial charge in [-0.3, -0.25) is 14.8 Å². The number of aromatic nitrogens is 3. The molecule has 0 spiro atoms. The second kappa shape index (κ2) is 18.0. The van der Waals surface area contributed by atoms with Gasteiger partial charge >= 0.3 is 0 Å². The first-order chi connectivity index (χ1) is 25.4. The molecule has 1 N–H and O–H groups in total. The molecule has 3 aromatic carbocycles. The molecule has 0 bridgehead atoms. The molecular formula is C48H58IrN3O2S-. The number of pyridine rings is 1. The average molecular weight is 933 g/mol. The van der Waals surface area contributed by atoms with E-state index in [2.05, 4.69) is 148 Å². The number of aryl methyl sites for hydroxylation is 2. The van der Waals surface area contributed by atoms with Crippen molar-refractivity contribution in [1.29, 1.82) is 0 Å². The summed E-state index contributed by atoms with van der Waals surface area (Å²) >= 11 is 1.77. The number of hydrogen-bond donors (Lipinski definition) is 1. The maximum Gasteiger partial charge on any atom is 0.162 e. The van der Waals surface area contributed by atoms with Gasteiger partial charge in [0, 0.05) is 69.9 Å². The van der Waals surface area contributed by atoms with E-state index in [0.717, 1.165) is 43.8 Å². The molecule has 0 aliphatic carbocycles. The van der Waals surface area contributed by atoms with E-state index in [1.54, 1.807) is 17.7 Å². The first kappa shape index (κ1) is 44.0. The number of carbonyl (C=O) groups excluding carboxylic acids is 1. The first-order valence-electron chi connectivity index (χ1n) is 19.4. The number of ketones is 1. The number of fused-ring (bicyclic) bond motifs is 4. The summed E-state index contributed by atoms with van der Waals surface area (Å²) < 4.78 is 2.35. The van der Waals surface area contributed by atoms with E-state index in [1.165, 1.54) is 32.7 Å². The Balaban J connectivity index is 0.000000290. The van der Waals surface area contributed by atoms with Gasteiger partial charge in [-0.15, -0.1) is 34.9 Å². The van der Waals surface area contributed by atoms with Crippen LogP contribution in [0.4, 0.5) is 0 Å². The minimum atomic E-state index is -0.0119. The molecule has 0 atom stereocenters. The van der Waals surface area contributed by atoms with Crippen molar-refractivity contribution in [3.8, 4) is 22.4 Å². The van der Waals surface area contributed by atoms with Crippen LogP contribution in [0.3, 0.4) is 0 Å². The van der Waals surface area contributed by atoms with Crippen molar-refractivity contribution < 1.29 is 30.0 Å².